The van der Waals surface area contributed by atoms with E-state index in [-0.39, 0.29) is 5.69 Å². The lowest BCUT2D eigenvalue weighted by Crippen LogP contribution is -2.11. The Kier molecular flexibility index (Phi) is 6.65. The number of hydrogen-bond acceptors (Lipinski definition) is 2. The van der Waals surface area contributed by atoms with Crippen LogP contribution in [0, 0.1) is 0 Å². The van der Waals surface area contributed by atoms with Gasteiger partial charge in [0, 0.05) is 30.4 Å². The van der Waals surface area contributed by atoms with E-state index >= 15 is 0 Å². The number of halogens is 4. The number of anilines is 1. The first kappa shape index (κ1) is 16.3. The molecule has 0 aliphatic carbocycles. The second-order valence-corrected chi connectivity index (χ2v) is 5.08. The lowest BCUT2D eigenvalue weighted by Gasteiger charge is -2.15. The number of alkyl halides is 3. The molecule has 0 saturated carbocycles. The third-order valence-electron chi connectivity index (χ3n) is 2.63. The molecule has 108 valence electrons. The highest BCUT2D eigenvalue weighted by atomic mass is 79.9. The van der Waals surface area contributed by atoms with Crippen molar-refractivity contribution >= 4 is 21.6 Å². The number of rotatable bonds is 7. The number of methoxy groups -OCH3 is 1. The van der Waals surface area contributed by atoms with Crippen molar-refractivity contribution < 1.29 is 17.9 Å². The van der Waals surface area contributed by atoms with Gasteiger partial charge in [0.25, 0.3) is 0 Å². The number of unbranched alkanes of at least 4 members (excludes halogenated alkanes) is 2. The molecule has 0 heterocycles. The zero-order chi connectivity index (χ0) is 14.3. The Morgan fingerprint density at radius 2 is 1.95 bits per heavy atom. The molecule has 2 nitrogen and oxygen atoms in total. The predicted molar refractivity (Wildman–Crippen MR) is 73.4 cm³/mol. The van der Waals surface area contributed by atoms with Crippen LogP contribution in [-0.2, 0) is 10.9 Å². The highest BCUT2D eigenvalue weighted by Crippen LogP contribution is 2.36. The lowest BCUT2D eigenvalue weighted by molar-refractivity contribution is -0.136. The van der Waals surface area contributed by atoms with E-state index in [1.165, 1.54) is 12.1 Å². The van der Waals surface area contributed by atoms with Gasteiger partial charge in [0.05, 0.1) is 5.56 Å². The summed E-state index contributed by atoms with van der Waals surface area (Å²) in [5, 5.41) is 2.85. The minimum absolute atomic E-state index is 0.119. The Hall–Kier alpha value is -0.750. The molecule has 1 aromatic rings. The number of hydrogen-bond donors (Lipinski definition) is 1. The summed E-state index contributed by atoms with van der Waals surface area (Å²) in [4.78, 5) is 0. The van der Waals surface area contributed by atoms with Crippen molar-refractivity contribution in [3.8, 4) is 0 Å². The van der Waals surface area contributed by atoms with Crippen LogP contribution >= 0.6 is 15.9 Å². The Bertz CT molecular complexity index is 396. The standard InChI is InChI=1S/C13H17BrF3NO/c1-19-8-4-2-3-7-18-12-9-10(14)5-6-11(12)13(15,16)17/h5-6,9,18H,2-4,7-8H2,1H3. The van der Waals surface area contributed by atoms with Crippen LogP contribution < -0.4 is 5.32 Å². The fraction of sp³-hybridized carbons (Fsp3) is 0.538. The van der Waals surface area contributed by atoms with E-state index in [1.54, 1.807) is 7.11 Å². The zero-order valence-electron chi connectivity index (χ0n) is 10.7. The predicted octanol–water partition coefficient (Wildman–Crippen LogP) is 4.70. The first-order valence-electron chi connectivity index (χ1n) is 6.04. The van der Waals surface area contributed by atoms with Gasteiger partial charge in [-0.2, -0.15) is 13.2 Å². The minimum Gasteiger partial charge on any atom is -0.385 e. The largest absolute Gasteiger partial charge is 0.418 e. The van der Waals surface area contributed by atoms with Crippen molar-refractivity contribution in [1.82, 2.24) is 0 Å². The second-order valence-electron chi connectivity index (χ2n) is 4.17. The maximum Gasteiger partial charge on any atom is 0.418 e. The Morgan fingerprint density at radius 1 is 1.21 bits per heavy atom. The van der Waals surface area contributed by atoms with Crippen molar-refractivity contribution in [2.45, 2.75) is 25.4 Å². The molecule has 0 saturated heterocycles. The summed E-state index contributed by atoms with van der Waals surface area (Å²) in [6.45, 7) is 1.20. The van der Waals surface area contributed by atoms with Gasteiger partial charge in [-0.3, -0.25) is 0 Å². The highest BCUT2D eigenvalue weighted by Gasteiger charge is 2.33. The normalized spacial score (nSPS) is 11.6. The van der Waals surface area contributed by atoms with Crippen LogP contribution in [0.5, 0.6) is 0 Å². The maximum atomic E-state index is 12.8. The smallest absolute Gasteiger partial charge is 0.385 e. The van der Waals surface area contributed by atoms with E-state index in [1.807, 2.05) is 0 Å². The van der Waals surface area contributed by atoms with Gasteiger partial charge in [-0.05, 0) is 37.5 Å². The molecule has 0 aliphatic rings. The van der Waals surface area contributed by atoms with Crippen molar-refractivity contribution in [2.75, 3.05) is 25.6 Å². The second kappa shape index (κ2) is 7.75. The third-order valence-corrected chi connectivity index (χ3v) is 3.12. The molecule has 6 heteroatoms. The van der Waals surface area contributed by atoms with E-state index in [0.717, 1.165) is 25.3 Å². The zero-order valence-corrected chi connectivity index (χ0v) is 12.3. The van der Waals surface area contributed by atoms with Crippen LogP contribution in [-0.4, -0.2) is 20.3 Å². The SMILES string of the molecule is COCCCCCNc1cc(Br)ccc1C(F)(F)F. The third kappa shape index (κ3) is 5.82. The average molecular weight is 340 g/mol. The quantitative estimate of drug-likeness (QED) is 0.727. The van der Waals surface area contributed by atoms with E-state index in [9.17, 15) is 13.2 Å². The van der Waals surface area contributed by atoms with Gasteiger partial charge in [0.2, 0.25) is 0 Å². The molecule has 0 fully saturated rings. The van der Waals surface area contributed by atoms with E-state index in [2.05, 4.69) is 21.2 Å². The highest BCUT2D eigenvalue weighted by molar-refractivity contribution is 9.10. The van der Waals surface area contributed by atoms with Gasteiger partial charge in [0.1, 0.15) is 0 Å². The molecule has 19 heavy (non-hydrogen) atoms. The molecule has 0 amide bonds. The summed E-state index contributed by atoms with van der Waals surface area (Å²) < 4.78 is 43.9. The monoisotopic (exact) mass is 339 g/mol. The molecule has 0 aromatic heterocycles. The molecular formula is C13H17BrF3NO. The van der Waals surface area contributed by atoms with Crippen molar-refractivity contribution in [3.63, 3.8) is 0 Å². The molecule has 0 radical (unpaired) electrons. The fourth-order valence-corrected chi connectivity index (χ4v) is 2.04. The van der Waals surface area contributed by atoms with Gasteiger partial charge in [-0.25, -0.2) is 0 Å². The summed E-state index contributed by atoms with van der Waals surface area (Å²) in [6, 6.07) is 3.93. The fourth-order valence-electron chi connectivity index (χ4n) is 1.68. The number of benzene rings is 1. The Morgan fingerprint density at radius 3 is 2.58 bits per heavy atom. The average Bonchev–Trinajstić information content (AvgIpc) is 2.32. The Labute approximate surface area is 119 Å². The van der Waals surface area contributed by atoms with E-state index in [4.69, 9.17) is 4.74 Å². The van der Waals surface area contributed by atoms with Crippen LogP contribution in [0.1, 0.15) is 24.8 Å². The van der Waals surface area contributed by atoms with Crippen LogP contribution in [0.15, 0.2) is 22.7 Å². The van der Waals surface area contributed by atoms with Crippen LogP contribution in [0.25, 0.3) is 0 Å². The van der Waals surface area contributed by atoms with Gasteiger partial charge >= 0.3 is 6.18 Å². The molecular weight excluding hydrogens is 323 g/mol. The maximum absolute atomic E-state index is 12.8. The summed E-state index contributed by atoms with van der Waals surface area (Å²) in [5.74, 6) is 0. The molecule has 1 aromatic carbocycles. The van der Waals surface area contributed by atoms with Gasteiger partial charge < -0.3 is 10.1 Å². The summed E-state index contributed by atoms with van der Waals surface area (Å²) >= 11 is 3.18. The Balaban J connectivity index is 2.54. The van der Waals surface area contributed by atoms with Crippen LogP contribution in [0.4, 0.5) is 18.9 Å². The molecule has 0 atom stereocenters. The minimum atomic E-state index is -4.33. The molecule has 0 spiro atoms. The van der Waals surface area contributed by atoms with Crippen molar-refractivity contribution in [2.24, 2.45) is 0 Å². The molecule has 0 aliphatic heterocycles. The summed E-state index contributed by atoms with van der Waals surface area (Å²) in [6.07, 6.45) is -1.68. The van der Waals surface area contributed by atoms with Crippen LogP contribution in [0.2, 0.25) is 0 Å². The van der Waals surface area contributed by atoms with Crippen molar-refractivity contribution in [3.05, 3.63) is 28.2 Å². The topological polar surface area (TPSA) is 21.3 Å². The molecule has 1 rings (SSSR count). The number of ether oxygens (including phenoxy) is 1. The lowest BCUT2D eigenvalue weighted by atomic mass is 10.1. The van der Waals surface area contributed by atoms with Gasteiger partial charge in [0.15, 0.2) is 0 Å². The van der Waals surface area contributed by atoms with E-state index in [0.29, 0.717) is 17.6 Å². The first-order chi connectivity index (χ1) is 8.95. The molecule has 1 N–H and O–H groups in total. The summed E-state index contributed by atoms with van der Waals surface area (Å²) in [5.41, 5.74) is -0.513. The summed E-state index contributed by atoms with van der Waals surface area (Å²) in [7, 11) is 1.63. The van der Waals surface area contributed by atoms with Crippen molar-refractivity contribution in [1.29, 1.82) is 0 Å². The number of nitrogens with one attached hydrogen (secondary N) is 1. The molecule has 0 bridgehead atoms. The van der Waals surface area contributed by atoms with Crippen LogP contribution in [0.3, 0.4) is 0 Å². The van der Waals surface area contributed by atoms with Gasteiger partial charge in [-0.15, -0.1) is 0 Å². The van der Waals surface area contributed by atoms with E-state index < -0.39 is 11.7 Å². The molecule has 0 unspecified atom stereocenters. The first-order valence-corrected chi connectivity index (χ1v) is 6.84. The van der Waals surface area contributed by atoms with Gasteiger partial charge in [-0.1, -0.05) is 15.9 Å².